The monoisotopic (exact) mass is 491 g/mol. The van der Waals surface area contributed by atoms with Gasteiger partial charge in [0, 0.05) is 23.9 Å². The third kappa shape index (κ3) is 5.10. The molecular formula is C27H26FN3O5. The molecule has 0 spiro atoms. The van der Waals surface area contributed by atoms with E-state index in [1.54, 1.807) is 50.4 Å². The van der Waals surface area contributed by atoms with Gasteiger partial charge in [0.2, 0.25) is 5.60 Å². The molecule has 9 heteroatoms. The van der Waals surface area contributed by atoms with Gasteiger partial charge in [0.15, 0.2) is 5.78 Å². The van der Waals surface area contributed by atoms with E-state index in [-0.39, 0.29) is 18.1 Å². The van der Waals surface area contributed by atoms with Gasteiger partial charge in [0.1, 0.15) is 24.2 Å². The number of carbonyl (C=O) groups is 3. The van der Waals surface area contributed by atoms with Crippen molar-refractivity contribution in [3.8, 4) is 5.75 Å². The minimum Gasteiger partial charge on any atom is -0.426 e. The molecule has 1 N–H and O–H groups in total. The molecule has 1 amide bonds. The van der Waals surface area contributed by atoms with Crippen LogP contribution in [0.5, 0.6) is 5.75 Å². The highest BCUT2D eigenvalue weighted by molar-refractivity contribution is 6.12. The van der Waals surface area contributed by atoms with E-state index in [4.69, 9.17) is 9.57 Å². The molecule has 2 aromatic carbocycles. The zero-order chi connectivity index (χ0) is 25.7. The number of oxime groups is 1. The Morgan fingerprint density at radius 2 is 1.81 bits per heavy atom. The molecule has 4 rings (SSSR count). The molecule has 8 nitrogen and oxygen atoms in total. The summed E-state index contributed by atoms with van der Waals surface area (Å²) in [7, 11) is 0. The normalized spacial score (nSPS) is 17.8. The fraction of sp³-hybridized carbons (Fsp3) is 0.296. The van der Waals surface area contributed by atoms with Crippen LogP contribution >= 0.6 is 0 Å². The summed E-state index contributed by atoms with van der Waals surface area (Å²) in [4.78, 5) is 48.3. The minimum atomic E-state index is -1.47. The Balaban J connectivity index is 1.52. The van der Waals surface area contributed by atoms with Crippen molar-refractivity contribution < 1.29 is 28.3 Å². The molecule has 1 aromatic heterocycles. The van der Waals surface area contributed by atoms with E-state index >= 15 is 0 Å². The number of fused-ring (bicyclic) bond motifs is 1. The van der Waals surface area contributed by atoms with Crippen LogP contribution in [0.25, 0.3) is 10.8 Å². The number of aromatic nitrogens is 1. The smallest absolute Gasteiger partial charge is 0.313 e. The number of ether oxygens (including phenoxy) is 1. The highest BCUT2D eigenvalue weighted by Gasteiger charge is 2.51. The summed E-state index contributed by atoms with van der Waals surface area (Å²) in [5.41, 5.74) is -0.398. The maximum atomic E-state index is 13.5. The molecule has 186 valence electrons. The van der Waals surface area contributed by atoms with Crippen LogP contribution in [0, 0.1) is 5.92 Å². The predicted octanol–water partition coefficient (Wildman–Crippen LogP) is 3.77. The van der Waals surface area contributed by atoms with Crippen molar-refractivity contribution in [2.24, 2.45) is 11.1 Å². The van der Waals surface area contributed by atoms with Gasteiger partial charge in [-0.2, -0.15) is 0 Å². The highest BCUT2D eigenvalue weighted by Crippen LogP contribution is 2.35. The fourth-order valence-corrected chi connectivity index (χ4v) is 4.07. The summed E-state index contributed by atoms with van der Waals surface area (Å²) in [5, 5.41) is 8.51. The van der Waals surface area contributed by atoms with Gasteiger partial charge >= 0.3 is 5.97 Å². The average Bonchev–Trinajstić information content (AvgIpc) is 3.35. The van der Waals surface area contributed by atoms with Gasteiger partial charge in [-0.1, -0.05) is 61.5 Å². The van der Waals surface area contributed by atoms with Crippen molar-refractivity contribution in [2.45, 2.75) is 38.3 Å². The topological polar surface area (TPSA) is 107 Å². The van der Waals surface area contributed by atoms with Gasteiger partial charge in [0.25, 0.3) is 5.91 Å². The molecule has 2 atom stereocenters. The number of hydrogen-bond donors (Lipinski definition) is 1. The molecule has 0 saturated heterocycles. The first-order valence-electron chi connectivity index (χ1n) is 11.6. The van der Waals surface area contributed by atoms with Crippen LogP contribution in [0.15, 0.2) is 72.0 Å². The number of Topliss-reactive ketones (excluding diaryl/α,β-unsaturated/α-hetero) is 1. The third-order valence-electron chi connectivity index (χ3n) is 6.18. The van der Waals surface area contributed by atoms with Gasteiger partial charge in [0.05, 0.1) is 12.1 Å². The van der Waals surface area contributed by atoms with Crippen LogP contribution in [0.1, 0.15) is 32.4 Å². The van der Waals surface area contributed by atoms with Crippen molar-refractivity contribution in [1.82, 2.24) is 10.3 Å². The largest absolute Gasteiger partial charge is 0.426 e. The molecule has 36 heavy (non-hydrogen) atoms. The minimum absolute atomic E-state index is 0.0858. The lowest BCUT2D eigenvalue weighted by atomic mass is 9.83. The predicted molar refractivity (Wildman–Crippen MR) is 131 cm³/mol. The number of carbonyl (C=O) groups excluding carboxylic acids is 3. The molecule has 0 radical (unpaired) electrons. The van der Waals surface area contributed by atoms with Crippen molar-refractivity contribution >= 4 is 34.1 Å². The molecule has 0 saturated carbocycles. The number of ketones is 1. The van der Waals surface area contributed by atoms with E-state index in [0.717, 1.165) is 10.8 Å². The van der Waals surface area contributed by atoms with Crippen LogP contribution in [0.2, 0.25) is 0 Å². The molecule has 0 aliphatic carbocycles. The summed E-state index contributed by atoms with van der Waals surface area (Å²) in [5.74, 6) is -2.49. The van der Waals surface area contributed by atoms with Crippen molar-refractivity contribution in [2.75, 3.05) is 6.67 Å². The number of hydrogen-bond acceptors (Lipinski definition) is 7. The van der Waals surface area contributed by atoms with Crippen LogP contribution in [0.4, 0.5) is 4.39 Å². The van der Waals surface area contributed by atoms with E-state index in [1.165, 1.54) is 0 Å². The molecule has 0 fully saturated rings. The second kappa shape index (κ2) is 10.6. The Kier molecular flexibility index (Phi) is 7.38. The fourth-order valence-electron chi connectivity index (χ4n) is 4.07. The van der Waals surface area contributed by atoms with Crippen molar-refractivity contribution in [1.29, 1.82) is 0 Å². The van der Waals surface area contributed by atoms with Gasteiger partial charge < -0.3 is 14.9 Å². The second-order valence-electron chi connectivity index (χ2n) is 8.85. The number of alkyl halides is 1. The highest BCUT2D eigenvalue weighted by atomic mass is 19.1. The van der Waals surface area contributed by atoms with Crippen LogP contribution in [-0.2, 0) is 19.2 Å². The Bertz CT molecular complexity index is 1310. The van der Waals surface area contributed by atoms with Gasteiger partial charge in [-0.05, 0) is 23.6 Å². The van der Waals surface area contributed by atoms with E-state index < -0.39 is 42.4 Å². The Morgan fingerprint density at radius 3 is 2.53 bits per heavy atom. The molecule has 2 heterocycles. The van der Waals surface area contributed by atoms with Crippen molar-refractivity contribution in [3.63, 3.8) is 0 Å². The van der Waals surface area contributed by atoms with Crippen LogP contribution in [-0.4, -0.2) is 46.7 Å². The molecule has 1 unspecified atom stereocenters. The molecule has 1 aliphatic heterocycles. The summed E-state index contributed by atoms with van der Waals surface area (Å²) >= 11 is 0. The van der Waals surface area contributed by atoms with E-state index in [0.29, 0.717) is 11.4 Å². The first kappa shape index (κ1) is 25.0. The number of benzene rings is 2. The lowest BCUT2D eigenvalue weighted by Crippen LogP contribution is -2.56. The van der Waals surface area contributed by atoms with Crippen LogP contribution in [0.3, 0.4) is 0 Å². The summed E-state index contributed by atoms with van der Waals surface area (Å²) in [6.07, 6.45) is 1.21. The number of nitrogens with one attached hydrogen (secondary N) is 1. The number of amides is 1. The quantitative estimate of drug-likeness (QED) is 0.361. The number of esters is 1. The average molecular weight is 492 g/mol. The zero-order valence-corrected chi connectivity index (χ0v) is 19.9. The SMILES string of the molecule is CC(C)C1(C(=O)N[C@@H](CC(=O)Oc2ccccc2)C(=O)CF)CC(c2nccc3ccccc23)=NO1. The second-order valence-corrected chi connectivity index (χ2v) is 8.85. The van der Waals surface area contributed by atoms with Crippen LogP contribution < -0.4 is 10.1 Å². The summed E-state index contributed by atoms with van der Waals surface area (Å²) < 4.78 is 18.5. The third-order valence-corrected chi connectivity index (χ3v) is 6.18. The Hall–Kier alpha value is -4.14. The van der Waals surface area contributed by atoms with Crippen molar-refractivity contribution in [3.05, 3.63) is 72.6 Å². The number of pyridine rings is 1. The zero-order valence-electron chi connectivity index (χ0n) is 19.9. The number of para-hydroxylation sites is 1. The summed E-state index contributed by atoms with van der Waals surface area (Å²) in [6.45, 7) is 2.22. The molecule has 0 bridgehead atoms. The first-order chi connectivity index (χ1) is 17.3. The lowest BCUT2D eigenvalue weighted by molar-refractivity contribution is -0.152. The van der Waals surface area contributed by atoms with E-state index in [9.17, 15) is 18.8 Å². The molecule has 3 aromatic rings. The standard InChI is InChI=1S/C27H26FN3O5/c1-17(2)27(15-22(31-36-27)25-20-11-7-6-8-18(20)12-13-29-25)26(34)30-21(23(32)16-28)14-24(33)35-19-9-4-3-5-10-19/h3-13,17,21H,14-16H2,1-2H3,(H,30,34)/t21-,27?/m0/s1. The molecule has 1 aliphatic rings. The van der Waals surface area contributed by atoms with E-state index in [2.05, 4.69) is 15.5 Å². The van der Waals surface area contributed by atoms with Gasteiger partial charge in [-0.3, -0.25) is 19.4 Å². The van der Waals surface area contributed by atoms with E-state index in [1.807, 2.05) is 30.3 Å². The summed E-state index contributed by atoms with van der Waals surface area (Å²) in [6, 6.07) is 16.4. The Labute approximate surface area is 207 Å². The van der Waals surface area contributed by atoms with Gasteiger partial charge in [-0.15, -0.1) is 0 Å². The maximum absolute atomic E-state index is 13.5. The first-order valence-corrected chi connectivity index (χ1v) is 11.6. The number of rotatable bonds is 9. The maximum Gasteiger partial charge on any atom is 0.313 e. The van der Waals surface area contributed by atoms with Gasteiger partial charge in [-0.25, -0.2) is 4.39 Å². The molecular weight excluding hydrogens is 465 g/mol. The number of nitrogens with zero attached hydrogens (tertiary/aromatic N) is 2. The lowest BCUT2D eigenvalue weighted by Gasteiger charge is -2.30. The number of halogens is 1. The Morgan fingerprint density at radius 1 is 1.08 bits per heavy atom.